The van der Waals surface area contributed by atoms with E-state index in [-0.39, 0.29) is 11.3 Å². The molecule has 0 heterocycles. The second-order valence-electron chi connectivity index (χ2n) is 3.87. The van der Waals surface area contributed by atoms with Gasteiger partial charge in [0, 0.05) is 20.3 Å². The lowest BCUT2D eigenvalue weighted by Crippen LogP contribution is -2.26. The molecule has 1 aromatic carbocycles. The Balaban J connectivity index is 2.67. The van der Waals surface area contributed by atoms with Crippen LogP contribution in [-0.4, -0.2) is 31.3 Å². The van der Waals surface area contributed by atoms with Crippen LogP contribution in [0.2, 0.25) is 0 Å². The number of nitrogens with one attached hydrogen (secondary N) is 1. The summed E-state index contributed by atoms with van der Waals surface area (Å²) in [5.74, 6) is -0.339. The van der Waals surface area contributed by atoms with E-state index in [1.54, 1.807) is 19.2 Å². The molecule has 0 saturated carbocycles. The number of ether oxygens (including phenoxy) is 1. The summed E-state index contributed by atoms with van der Waals surface area (Å²) < 4.78 is 4.86. The van der Waals surface area contributed by atoms with Crippen LogP contribution in [0.1, 0.15) is 12.0 Å². The van der Waals surface area contributed by atoms with E-state index in [9.17, 15) is 9.90 Å². The van der Waals surface area contributed by atoms with Crippen molar-refractivity contribution in [2.24, 2.45) is 0 Å². The fourth-order valence-corrected chi connectivity index (χ4v) is 1.44. The molecule has 0 aliphatic rings. The van der Waals surface area contributed by atoms with Crippen LogP contribution in [0.25, 0.3) is 6.08 Å². The van der Waals surface area contributed by atoms with Gasteiger partial charge in [-0.25, -0.2) is 0 Å². The van der Waals surface area contributed by atoms with Crippen molar-refractivity contribution in [1.82, 2.24) is 5.32 Å². The van der Waals surface area contributed by atoms with Gasteiger partial charge in [0.2, 0.25) is 0 Å². The molecule has 5 heteroatoms. The lowest BCUT2D eigenvalue weighted by atomic mass is 10.1. The zero-order chi connectivity index (χ0) is 14.1. The van der Waals surface area contributed by atoms with Crippen LogP contribution in [0.4, 0.5) is 0 Å². The summed E-state index contributed by atoms with van der Waals surface area (Å²) >= 11 is 0. The van der Waals surface area contributed by atoms with Crippen LogP contribution < -0.4 is 5.32 Å². The summed E-state index contributed by atoms with van der Waals surface area (Å²) in [6, 6.07) is 8.20. The predicted molar refractivity (Wildman–Crippen MR) is 71.2 cm³/mol. The molecule has 0 atom stereocenters. The average Bonchev–Trinajstić information content (AvgIpc) is 2.41. The van der Waals surface area contributed by atoms with Gasteiger partial charge < -0.3 is 15.2 Å². The molecule has 1 rings (SSSR count). The third-order valence-electron chi connectivity index (χ3n) is 2.36. The van der Waals surface area contributed by atoms with E-state index in [1.165, 1.54) is 18.2 Å². The minimum atomic E-state index is -0.429. The Bertz CT molecular complexity index is 504. The zero-order valence-corrected chi connectivity index (χ0v) is 10.7. The summed E-state index contributed by atoms with van der Waals surface area (Å²) in [4.78, 5) is 11.7. The van der Waals surface area contributed by atoms with Crippen molar-refractivity contribution in [3.8, 4) is 11.8 Å². The van der Waals surface area contributed by atoms with Gasteiger partial charge in [0.05, 0.1) is 0 Å². The topological polar surface area (TPSA) is 82.3 Å². The summed E-state index contributed by atoms with van der Waals surface area (Å²) in [5.41, 5.74) is 0.603. The normalized spacial score (nSPS) is 10.8. The summed E-state index contributed by atoms with van der Waals surface area (Å²) in [7, 11) is 1.59. The van der Waals surface area contributed by atoms with Crippen molar-refractivity contribution in [2.45, 2.75) is 6.42 Å². The maximum absolute atomic E-state index is 11.7. The van der Waals surface area contributed by atoms with Crippen LogP contribution in [-0.2, 0) is 9.53 Å². The molecule has 0 saturated heterocycles. The number of amides is 1. The highest BCUT2D eigenvalue weighted by molar-refractivity contribution is 6.01. The third-order valence-corrected chi connectivity index (χ3v) is 2.36. The first-order valence-corrected chi connectivity index (χ1v) is 5.85. The van der Waals surface area contributed by atoms with Crippen LogP contribution in [0.15, 0.2) is 29.8 Å². The molecule has 0 aliphatic carbocycles. The quantitative estimate of drug-likeness (QED) is 0.461. The van der Waals surface area contributed by atoms with Gasteiger partial charge in [-0.3, -0.25) is 4.79 Å². The number of nitrogens with zero attached hydrogens (tertiary/aromatic N) is 1. The van der Waals surface area contributed by atoms with Crippen LogP contribution >= 0.6 is 0 Å². The summed E-state index contributed by atoms with van der Waals surface area (Å²) in [5, 5.41) is 20.9. The molecule has 100 valence electrons. The van der Waals surface area contributed by atoms with Crippen molar-refractivity contribution < 1.29 is 14.6 Å². The van der Waals surface area contributed by atoms with Crippen molar-refractivity contribution in [2.75, 3.05) is 20.3 Å². The SMILES string of the molecule is COCCCNC(=O)C(C#N)=Cc1cccc(O)c1. The fraction of sp³-hybridized carbons (Fsp3) is 0.286. The van der Waals surface area contributed by atoms with Gasteiger partial charge in [-0.2, -0.15) is 5.26 Å². The molecule has 0 bridgehead atoms. The maximum atomic E-state index is 11.7. The van der Waals surface area contributed by atoms with E-state index in [0.717, 1.165) is 0 Å². The maximum Gasteiger partial charge on any atom is 0.261 e. The zero-order valence-electron chi connectivity index (χ0n) is 10.7. The van der Waals surface area contributed by atoms with Gasteiger partial charge in [-0.15, -0.1) is 0 Å². The average molecular weight is 260 g/mol. The number of aromatic hydroxyl groups is 1. The smallest absolute Gasteiger partial charge is 0.261 e. The molecule has 5 nitrogen and oxygen atoms in total. The monoisotopic (exact) mass is 260 g/mol. The van der Waals surface area contributed by atoms with Gasteiger partial charge in [-0.05, 0) is 30.2 Å². The van der Waals surface area contributed by atoms with E-state index in [1.807, 2.05) is 6.07 Å². The first-order chi connectivity index (χ1) is 9.17. The van der Waals surface area contributed by atoms with E-state index in [2.05, 4.69) is 5.32 Å². The van der Waals surface area contributed by atoms with Gasteiger partial charge in [0.25, 0.3) is 5.91 Å². The standard InChI is InChI=1S/C14H16N2O3/c1-19-7-3-6-16-14(18)12(10-15)8-11-4-2-5-13(17)9-11/h2,4-5,8-9,17H,3,6-7H2,1H3,(H,16,18). The molecule has 0 fully saturated rings. The first-order valence-electron chi connectivity index (χ1n) is 5.85. The number of hydrogen-bond acceptors (Lipinski definition) is 4. The third kappa shape index (κ3) is 5.23. The van der Waals surface area contributed by atoms with Gasteiger partial charge in [-0.1, -0.05) is 12.1 Å². The minimum absolute atomic E-state index is 0.00279. The molecule has 1 amide bonds. The van der Waals surface area contributed by atoms with Crippen LogP contribution in [0.5, 0.6) is 5.75 Å². The number of phenolic OH excluding ortho intramolecular Hbond substituents is 1. The first kappa shape index (κ1) is 14.7. The Kier molecular flexibility index (Phi) is 6.13. The van der Waals surface area contributed by atoms with E-state index >= 15 is 0 Å². The Labute approximate surface area is 112 Å². The van der Waals surface area contributed by atoms with Gasteiger partial charge in [0.15, 0.2) is 0 Å². The Morgan fingerprint density at radius 1 is 1.58 bits per heavy atom. The molecule has 0 aliphatic heterocycles. The minimum Gasteiger partial charge on any atom is -0.508 e. The molecule has 19 heavy (non-hydrogen) atoms. The van der Waals surface area contributed by atoms with Crippen LogP contribution in [0, 0.1) is 11.3 Å². The van der Waals surface area contributed by atoms with E-state index in [0.29, 0.717) is 25.1 Å². The van der Waals surface area contributed by atoms with Crippen molar-refractivity contribution >= 4 is 12.0 Å². The molecule has 0 spiro atoms. The summed E-state index contributed by atoms with van der Waals surface area (Å²) in [6.45, 7) is 1.00. The Morgan fingerprint density at radius 2 is 2.37 bits per heavy atom. The lowest BCUT2D eigenvalue weighted by Gasteiger charge is -2.03. The second-order valence-corrected chi connectivity index (χ2v) is 3.87. The molecule has 0 aromatic heterocycles. The molecule has 1 aromatic rings. The van der Waals surface area contributed by atoms with Gasteiger partial charge >= 0.3 is 0 Å². The number of rotatable bonds is 6. The number of nitriles is 1. The van der Waals surface area contributed by atoms with E-state index < -0.39 is 5.91 Å². The molecule has 0 radical (unpaired) electrons. The highest BCUT2D eigenvalue weighted by Crippen LogP contribution is 2.13. The fourth-order valence-electron chi connectivity index (χ4n) is 1.44. The Morgan fingerprint density at radius 3 is 3.00 bits per heavy atom. The second kappa shape index (κ2) is 7.90. The molecule has 0 unspecified atom stereocenters. The largest absolute Gasteiger partial charge is 0.508 e. The predicted octanol–water partition coefficient (Wildman–Crippen LogP) is 1.45. The molecular formula is C14H16N2O3. The number of methoxy groups -OCH3 is 1. The highest BCUT2D eigenvalue weighted by Gasteiger charge is 2.08. The number of carbonyl (C=O) groups is 1. The number of benzene rings is 1. The van der Waals surface area contributed by atoms with Crippen molar-refractivity contribution in [3.05, 3.63) is 35.4 Å². The van der Waals surface area contributed by atoms with Crippen molar-refractivity contribution in [1.29, 1.82) is 5.26 Å². The van der Waals surface area contributed by atoms with Crippen LogP contribution in [0.3, 0.4) is 0 Å². The van der Waals surface area contributed by atoms with E-state index in [4.69, 9.17) is 10.00 Å². The lowest BCUT2D eigenvalue weighted by molar-refractivity contribution is -0.117. The number of carbonyl (C=O) groups excluding carboxylic acids is 1. The molecular weight excluding hydrogens is 244 g/mol. The van der Waals surface area contributed by atoms with Gasteiger partial charge in [0.1, 0.15) is 17.4 Å². The molecule has 2 N–H and O–H groups in total. The highest BCUT2D eigenvalue weighted by atomic mass is 16.5. The number of hydrogen-bond donors (Lipinski definition) is 2. The summed E-state index contributed by atoms with van der Waals surface area (Å²) in [6.07, 6.45) is 2.12. The van der Waals surface area contributed by atoms with Crippen molar-refractivity contribution in [3.63, 3.8) is 0 Å². The number of phenols is 1. The Hall–Kier alpha value is -2.32.